The number of carbonyl (C=O) groups is 1. The number of aryl methyl sites for hydroxylation is 1. The van der Waals surface area contributed by atoms with E-state index in [1.54, 1.807) is 23.6 Å². The zero-order valence-electron chi connectivity index (χ0n) is 32.7. The van der Waals surface area contributed by atoms with Crippen molar-refractivity contribution >= 4 is 29.4 Å². The van der Waals surface area contributed by atoms with Crippen LogP contribution in [0.4, 0.5) is 38.0 Å². The number of ether oxygens (including phenoxy) is 2. The molecular weight excluding hydrogens is 767 g/mol. The number of hydrogen-bond donors (Lipinski definition) is 0. The summed E-state index contributed by atoms with van der Waals surface area (Å²) in [4.78, 5) is 25.5. The molecule has 0 amide bonds. The molecule has 1 atom stereocenters. The van der Waals surface area contributed by atoms with E-state index in [0.29, 0.717) is 31.2 Å². The smallest absolute Gasteiger partial charge is 0.416 e. The highest BCUT2D eigenvalue weighted by atomic mass is 32.2. The van der Waals surface area contributed by atoms with Crippen molar-refractivity contribution in [2.45, 2.75) is 84.4 Å². The molecule has 0 aliphatic heterocycles. The number of thioether (sulfide) groups is 1. The Labute approximate surface area is 335 Å². The van der Waals surface area contributed by atoms with Crippen molar-refractivity contribution in [2.24, 2.45) is 11.8 Å². The highest BCUT2D eigenvalue weighted by Gasteiger charge is 2.38. The number of alkyl halides is 6. The molecule has 0 saturated heterocycles. The van der Waals surface area contributed by atoms with Crippen molar-refractivity contribution in [3.8, 4) is 5.75 Å². The Kier molecular flexibility index (Phi) is 15.2. The quantitative estimate of drug-likeness (QED) is 0.0593. The van der Waals surface area contributed by atoms with Crippen molar-refractivity contribution in [1.82, 2.24) is 9.97 Å². The minimum absolute atomic E-state index is 0.0940. The lowest BCUT2D eigenvalue weighted by atomic mass is 9.80. The van der Waals surface area contributed by atoms with Crippen LogP contribution in [0.15, 0.2) is 79.1 Å². The summed E-state index contributed by atoms with van der Waals surface area (Å²) in [5, 5.41) is 0. The first-order valence-electron chi connectivity index (χ1n) is 19.2. The monoisotopic (exact) mass is 816 g/mol. The van der Waals surface area contributed by atoms with Crippen LogP contribution in [0, 0.1) is 18.8 Å². The lowest BCUT2D eigenvalue weighted by Crippen LogP contribution is -2.34. The Bertz CT molecular complexity index is 1850. The molecule has 0 bridgehead atoms. The maximum Gasteiger partial charge on any atom is 0.416 e. The number of benzene rings is 3. The van der Waals surface area contributed by atoms with E-state index in [-0.39, 0.29) is 42.6 Å². The van der Waals surface area contributed by atoms with Gasteiger partial charge in [0.15, 0.2) is 5.75 Å². The Balaban J connectivity index is 1.37. The molecule has 1 fully saturated rings. The Hall–Kier alpha value is -4.46. The predicted octanol–water partition coefficient (Wildman–Crippen LogP) is 11.1. The van der Waals surface area contributed by atoms with Crippen LogP contribution < -0.4 is 14.5 Å². The lowest BCUT2D eigenvalue weighted by Gasteiger charge is -2.36. The van der Waals surface area contributed by atoms with Gasteiger partial charge in [-0.3, -0.25) is 4.79 Å². The van der Waals surface area contributed by atoms with Crippen LogP contribution >= 0.6 is 11.8 Å². The Morgan fingerprint density at radius 1 is 0.895 bits per heavy atom. The second kappa shape index (κ2) is 19.8. The van der Waals surface area contributed by atoms with Crippen LogP contribution in [0.5, 0.6) is 5.75 Å². The first-order chi connectivity index (χ1) is 27.1. The van der Waals surface area contributed by atoms with Crippen LogP contribution in [0.25, 0.3) is 0 Å². The van der Waals surface area contributed by atoms with Gasteiger partial charge >= 0.3 is 18.3 Å². The second-order valence-electron chi connectivity index (χ2n) is 14.6. The third kappa shape index (κ3) is 12.5. The topological polar surface area (TPSA) is 67.8 Å². The summed E-state index contributed by atoms with van der Waals surface area (Å²) < 4.78 is 95.1. The molecule has 5 rings (SSSR count). The van der Waals surface area contributed by atoms with Gasteiger partial charge in [0.05, 0.1) is 36.2 Å². The molecule has 14 heteroatoms. The third-order valence-electron chi connectivity index (χ3n) is 10.4. The van der Waals surface area contributed by atoms with Gasteiger partial charge in [-0.25, -0.2) is 9.97 Å². The summed E-state index contributed by atoms with van der Waals surface area (Å²) in [6, 6.07) is 16.3. The molecule has 1 unspecified atom stereocenters. The van der Waals surface area contributed by atoms with Gasteiger partial charge in [-0.05, 0) is 106 Å². The summed E-state index contributed by atoms with van der Waals surface area (Å²) in [5.74, 6) is 1.67. The van der Waals surface area contributed by atoms with Gasteiger partial charge in [0.25, 0.3) is 0 Å². The fourth-order valence-corrected chi connectivity index (χ4v) is 7.50. The van der Waals surface area contributed by atoms with E-state index in [1.807, 2.05) is 61.7 Å². The molecule has 0 N–H and O–H groups in total. The van der Waals surface area contributed by atoms with Crippen molar-refractivity contribution in [3.63, 3.8) is 0 Å². The van der Waals surface area contributed by atoms with Crippen molar-refractivity contribution < 1.29 is 40.6 Å². The molecule has 57 heavy (non-hydrogen) atoms. The van der Waals surface area contributed by atoms with Crippen LogP contribution in [0.3, 0.4) is 0 Å². The predicted molar refractivity (Wildman–Crippen MR) is 212 cm³/mol. The lowest BCUT2D eigenvalue weighted by molar-refractivity contribution is -0.146. The maximum atomic E-state index is 14.0. The molecule has 308 valence electrons. The van der Waals surface area contributed by atoms with Gasteiger partial charge in [-0.15, -0.1) is 0 Å². The van der Waals surface area contributed by atoms with Gasteiger partial charge in [0.1, 0.15) is 6.61 Å². The standard InChI is InChI=1S/C43H50F6N4O3S/c1-5-52(26-32-14-12-31(13-15-32)20-40(54)56-28-33-9-7-6-8-10-33)39-16-11-29(2)19-35(39)27-53(41-50-24-38(25-51-41)55-17-18-57-4)30(3)34-21-36(42(44,45)46)23-37(22-34)43(47,48)49/h6-11,16,19,21-25,30-32H,5,12-15,17-18,20,26-28H2,1-4H3/t30?,31-,32-. The van der Waals surface area contributed by atoms with Crippen LogP contribution in [0.2, 0.25) is 0 Å². The molecule has 1 aliphatic rings. The van der Waals surface area contributed by atoms with E-state index in [2.05, 4.69) is 21.8 Å². The molecule has 0 radical (unpaired) electrons. The molecular formula is C43H50F6N4O3S. The largest absolute Gasteiger partial charge is 0.489 e. The van der Waals surface area contributed by atoms with Crippen molar-refractivity contribution in [2.75, 3.05) is 41.5 Å². The first kappa shape index (κ1) is 43.7. The van der Waals surface area contributed by atoms with E-state index < -0.39 is 29.5 Å². The van der Waals surface area contributed by atoms with Gasteiger partial charge in [0, 0.05) is 37.5 Å². The SMILES string of the molecule is CCN(C[C@H]1CC[C@H](CC(=O)OCc2ccccc2)CC1)c1ccc(C)cc1CN(c1ncc(OCCSC)cn1)C(C)c1cc(C(F)(F)F)cc(C(F)(F)F)c1. The van der Waals surface area contributed by atoms with E-state index >= 15 is 0 Å². The van der Waals surface area contributed by atoms with Gasteiger partial charge < -0.3 is 19.3 Å². The van der Waals surface area contributed by atoms with Gasteiger partial charge in [0.2, 0.25) is 5.95 Å². The first-order valence-corrected chi connectivity index (χ1v) is 20.6. The van der Waals surface area contributed by atoms with Gasteiger partial charge in [-0.2, -0.15) is 38.1 Å². The minimum atomic E-state index is -5.00. The molecule has 0 spiro atoms. The summed E-state index contributed by atoms with van der Waals surface area (Å²) >= 11 is 1.60. The van der Waals surface area contributed by atoms with Crippen molar-refractivity contribution in [1.29, 1.82) is 0 Å². The number of rotatable bonds is 17. The van der Waals surface area contributed by atoms with Crippen LogP contribution in [0.1, 0.15) is 85.4 Å². The van der Waals surface area contributed by atoms with Crippen LogP contribution in [-0.2, 0) is 35.0 Å². The van der Waals surface area contributed by atoms with E-state index in [1.165, 1.54) is 12.4 Å². The number of nitrogens with zero attached hydrogens (tertiary/aromatic N) is 4. The Morgan fingerprint density at radius 3 is 2.12 bits per heavy atom. The van der Waals surface area contributed by atoms with E-state index in [4.69, 9.17) is 9.47 Å². The Morgan fingerprint density at radius 2 is 1.53 bits per heavy atom. The highest BCUT2D eigenvalue weighted by Crippen LogP contribution is 2.40. The normalized spacial score (nSPS) is 16.5. The summed E-state index contributed by atoms with van der Waals surface area (Å²) in [7, 11) is 0. The average molecular weight is 817 g/mol. The maximum absolute atomic E-state index is 14.0. The zero-order valence-corrected chi connectivity index (χ0v) is 33.5. The third-order valence-corrected chi connectivity index (χ3v) is 11.0. The fourth-order valence-electron chi connectivity index (χ4n) is 7.25. The molecule has 7 nitrogen and oxygen atoms in total. The number of halogens is 6. The molecule has 1 heterocycles. The van der Waals surface area contributed by atoms with Gasteiger partial charge in [-0.1, -0.05) is 48.0 Å². The number of carbonyl (C=O) groups excluding carboxylic acids is 1. The molecule has 3 aromatic carbocycles. The highest BCUT2D eigenvalue weighted by molar-refractivity contribution is 7.98. The summed E-state index contributed by atoms with van der Waals surface area (Å²) in [5.41, 5.74) is 0.673. The second-order valence-corrected chi connectivity index (χ2v) is 15.6. The fraction of sp³-hybridized carbons (Fsp3) is 0.465. The zero-order chi connectivity index (χ0) is 41.2. The van der Waals surface area contributed by atoms with E-state index in [9.17, 15) is 31.1 Å². The molecule has 1 aromatic heterocycles. The molecule has 1 aliphatic carbocycles. The molecule has 4 aromatic rings. The summed E-state index contributed by atoms with van der Waals surface area (Å²) in [6.07, 6.45) is -1.06. The number of hydrogen-bond acceptors (Lipinski definition) is 8. The number of aromatic nitrogens is 2. The number of anilines is 2. The van der Waals surface area contributed by atoms with E-state index in [0.717, 1.165) is 72.5 Å². The van der Waals surface area contributed by atoms with Crippen molar-refractivity contribution in [3.05, 3.63) is 113 Å². The van der Waals surface area contributed by atoms with Crippen LogP contribution in [-0.4, -0.2) is 47.6 Å². The minimum Gasteiger partial charge on any atom is -0.489 e. The number of esters is 1. The summed E-state index contributed by atoms with van der Waals surface area (Å²) in [6.45, 7) is 7.72. The molecule has 1 saturated carbocycles. The average Bonchev–Trinajstić information content (AvgIpc) is 3.19.